The summed E-state index contributed by atoms with van der Waals surface area (Å²) in [6.07, 6.45) is -2.06. The van der Waals surface area contributed by atoms with Crippen LogP contribution in [0.1, 0.15) is 12.1 Å². The van der Waals surface area contributed by atoms with Gasteiger partial charge in [-0.1, -0.05) is 0 Å². The Balaban J connectivity index is 1.67. The molecule has 5 nitrogen and oxygen atoms in total. The lowest BCUT2D eigenvalue weighted by Gasteiger charge is -2.18. The zero-order chi connectivity index (χ0) is 17.6. The Labute approximate surface area is 141 Å². The third-order valence-electron chi connectivity index (χ3n) is 3.11. The van der Waals surface area contributed by atoms with Crippen molar-refractivity contribution in [3.63, 3.8) is 0 Å². The van der Waals surface area contributed by atoms with E-state index in [0.29, 0.717) is 29.4 Å². The molecule has 0 aromatic carbocycles. The van der Waals surface area contributed by atoms with Crippen molar-refractivity contribution in [1.82, 2.24) is 15.2 Å². The van der Waals surface area contributed by atoms with Gasteiger partial charge in [0.25, 0.3) is 0 Å². The molecule has 0 unspecified atom stereocenters. The van der Waals surface area contributed by atoms with Crippen molar-refractivity contribution in [1.29, 1.82) is 0 Å². The first-order chi connectivity index (χ1) is 11.3. The average Bonchev–Trinajstić information content (AvgIpc) is 3.12. The molecule has 0 saturated carbocycles. The maximum absolute atomic E-state index is 12.2. The van der Waals surface area contributed by atoms with Crippen molar-refractivity contribution in [2.45, 2.75) is 19.0 Å². The number of hydrogen-bond donors (Lipinski definition) is 1. The van der Waals surface area contributed by atoms with E-state index >= 15 is 0 Å². The molecule has 0 spiro atoms. The summed E-state index contributed by atoms with van der Waals surface area (Å²) >= 11 is 1.39. The molecule has 0 aliphatic rings. The normalized spacial score (nSPS) is 11.9. The number of furan rings is 1. The zero-order valence-corrected chi connectivity index (χ0v) is 13.9. The molecule has 0 radical (unpaired) electrons. The molecule has 9 heteroatoms. The van der Waals surface area contributed by atoms with Crippen LogP contribution in [0.15, 0.2) is 28.2 Å². The Hall–Kier alpha value is -1.87. The zero-order valence-electron chi connectivity index (χ0n) is 13.1. The van der Waals surface area contributed by atoms with Crippen LogP contribution in [0.25, 0.3) is 10.8 Å². The van der Waals surface area contributed by atoms with Gasteiger partial charge in [-0.3, -0.25) is 9.69 Å². The van der Waals surface area contributed by atoms with E-state index in [4.69, 9.17) is 4.42 Å². The number of carbonyl (C=O) groups is 1. The topological polar surface area (TPSA) is 58.4 Å². The Morgan fingerprint density at radius 1 is 1.46 bits per heavy atom. The van der Waals surface area contributed by atoms with Gasteiger partial charge >= 0.3 is 6.18 Å². The molecule has 1 amide bonds. The minimum atomic E-state index is -4.20. The van der Waals surface area contributed by atoms with Gasteiger partial charge in [0.2, 0.25) is 5.91 Å². The Bertz CT molecular complexity index is 641. The van der Waals surface area contributed by atoms with Crippen LogP contribution in [-0.2, 0) is 11.2 Å². The average molecular weight is 361 g/mol. The minimum Gasteiger partial charge on any atom is -0.462 e. The van der Waals surface area contributed by atoms with Crippen molar-refractivity contribution in [3.05, 3.63) is 29.5 Å². The van der Waals surface area contributed by atoms with Gasteiger partial charge in [0, 0.05) is 11.9 Å². The fraction of sp³-hybridized carbons (Fsp3) is 0.467. The van der Waals surface area contributed by atoms with E-state index in [1.807, 2.05) is 0 Å². The predicted molar refractivity (Wildman–Crippen MR) is 84.7 cm³/mol. The van der Waals surface area contributed by atoms with Gasteiger partial charge in [0.05, 0.1) is 24.9 Å². The number of aromatic nitrogens is 1. The van der Waals surface area contributed by atoms with Gasteiger partial charge in [-0.2, -0.15) is 13.2 Å². The third kappa shape index (κ3) is 6.32. The second-order valence-electron chi connectivity index (χ2n) is 5.35. The maximum atomic E-state index is 12.2. The van der Waals surface area contributed by atoms with E-state index in [9.17, 15) is 18.0 Å². The third-order valence-corrected chi connectivity index (χ3v) is 4.02. The summed E-state index contributed by atoms with van der Waals surface area (Å²) in [4.78, 5) is 17.3. The van der Waals surface area contributed by atoms with Crippen molar-refractivity contribution in [3.8, 4) is 10.8 Å². The van der Waals surface area contributed by atoms with Gasteiger partial charge < -0.3 is 9.73 Å². The predicted octanol–water partition coefficient (Wildman–Crippen LogP) is 2.95. The number of thiazole rings is 1. The second-order valence-corrected chi connectivity index (χ2v) is 6.21. The quantitative estimate of drug-likeness (QED) is 0.735. The molecule has 2 aromatic heterocycles. The summed E-state index contributed by atoms with van der Waals surface area (Å²) in [5.41, 5.74) is 0.637. The first kappa shape index (κ1) is 18.5. The number of rotatable bonds is 8. The highest BCUT2D eigenvalue weighted by Crippen LogP contribution is 2.24. The van der Waals surface area contributed by atoms with E-state index in [0.717, 1.165) is 0 Å². The maximum Gasteiger partial charge on any atom is 0.401 e. The lowest BCUT2D eigenvalue weighted by atomic mass is 10.3. The van der Waals surface area contributed by atoms with E-state index in [2.05, 4.69) is 10.3 Å². The number of hydrogen-bond acceptors (Lipinski definition) is 5. The molecule has 0 aliphatic heterocycles. The van der Waals surface area contributed by atoms with Crippen molar-refractivity contribution in [2.24, 2.45) is 0 Å². The SMILES string of the molecule is CN(CCCNC(=O)Cc1csc(-c2ccco2)n1)CC(F)(F)F. The number of nitrogens with zero attached hydrogens (tertiary/aromatic N) is 2. The molecular weight excluding hydrogens is 343 g/mol. The lowest BCUT2D eigenvalue weighted by Crippen LogP contribution is -2.34. The van der Waals surface area contributed by atoms with Crippen LogP contribution >= 0.6 is 11.3 Å². The molecule has 0 bridgehead atoms. The molecule has 2 aromatic rings. The fourth-order valence-corrected chi connectivity index (χ4v) is 2.88. The van der Waals surface area contributed by atoms with Gasteiger partial charge in [0.1, 0.15) is 0 Å². The van der Waals surface area contributed by atoms with Crippen LogP contribution in [0.4, 0.5) is 13.2 Å². The highest BCUT2D eigenvalue weighted by atomic mass is 32.1. The number of carbonyl (C=O) groups excluding carboxylic acids is 1. The molecule has 0 atom stereocenters. The Morgan fingerprint density at radius 2 is 2.25 bits per heavy atom. The molecule has 132 valence electrons. The first-order valence-electron chi connectivity index (χ1n) is 7.34. The number of alkyl halides is 3. The summed E-state index contributed by atoms with van der Waals surface area (Å²) in [6.45, 7) is -0.356. The van der Waals surface area contributed by atoms with Gasteiger partial charge in [0.15, 0.2) is 10.8 Å². The van der Waals surface area contributed by atoms with Crippen molar-refractivity contribution in [2.75, 3.05) is 26.7 Å². The summed E-state index contributed by atoms with van der Waals surface area (Å²) in [6, 6.07) is 3.55. The molecular formula is C15H18F3N3O2S. The van der Waals surface area contributed by atoms with Crippen LogP contribution in [0, 0.1) is 0 Å². The van der Waals surface area contributed by atoms with Crippen molar-refractivity contribution < 1.29 is 22.4 Å². The van der Waals surface area contributed by atoms with Gasteiger partial charge in [-0.25, -0.2) is 4.98 Å². The highest BCUT2D eigenvalue weighted by molar-refractivity contribution is 7.13. The minimum absolute atomic E-state index is 0.135. The second kappa shape index (κ2) is 8.29. The van der Waals surface area contributed by atoms with Crippen molar-refractivity contribution >= 4 is 17.2 Å². The van der Waals surface area contributed by atoms with E-state index < -0.39 is 12.7 Å². The molecule has 2 heterocycles. The van der Waals surface area contributed by atoms with Crippen LogP contribution < -0.4 is 5.32 Å². The van der Waals surface area contributed by atoms with Crippen LogP contribution in [0.5, 0.6) is 0 Å². The van der Waals surface area contributed by atoms with Crippen LogP contribution in [0.3, 0.4) is 0 Å². The van der Waals surface area contributed by atoms with Gasteiger partial charge in [-0.15, -0.1) is 11.3 Å². The molecule has 1 N–H and O–H groups in total. The molecule has 0 fully saturated rings. The lowest BCUT2D eigenvalue weighted by molar-refractivity contribution is -0.143. The van der Waals surface area contributed by atoms with Gasteiger partial charge in [-0.05, 0) is 32.1 Å². The summed E-state index contributed by atoms with van der Waals surface area (Å²) in [7, 11) is 1.40. The fourth-order valence-electron chi connectivity index (χ4n) is 2.09. The summed E-state index contributed by atoms with van der Waals surface area (Å²) < 4.78 is 41.7. The highest BCUT2D eigenvalue weighted by Gasteiger charge is 2.28. The van der Waals surface area contributed by atoms with Crippen LogP contribution in [0.2, 0.25) is 0 Å². The summed E-state index contributed by atoms with van der Waals surface area (Å²) in [5.74, 6) is 0.448. The van der Waals surface area contributed by atoms with E-state index in [1.54, 1.807) is 23.8 Å². The smallest absolute Gasteiger partial charge is 0.401 e. The molecule has 0 saturated heterocycles. The number of nitrogens with one attached hydrogen (secondary N) is 1. The molecule has 0 aliphatic carbocycles. The molecule has 24 heavy (non-hydrogen) atoms. The first-order valence-corrected chi connectivity index (χ1v) is 8.22. The summed E-state index contributed by atoms with van der Waals surface area (Å²) in [5, 5.41) is 5.18. The van der Waals surface area contributed by atoms with Crippen LogP contribution in [-0.4, -0.2) is 48.6 Å². The largest absolute Gasteiger partial charge is 0.462 e. The standard InChI is InChI=1S/C15H18F3N3O2S/c1-21(10-15(16,17)18)6-3-5-19-13(22)8-11-9-24-14(20-11)12-4-2-7-23-12/h2,4,7,9H,3,5-6,8,10H2,1H3,(H,19,22). The molecule has 2 rings (SSSR count). The Morgan fingerprint density at radius 3 is 2.92 bits per heavy atom. The number of amides is 1. The van der Waals surface area contributed by atoms with E-state index in [1.165, 1.54) is 23.3 Å². The number of halogens is 3. The monoisotopic (exact) mass is 361 g/mol. The van der Waals surface area contributed by atoms with E-state index in [-0.39, 0.29) is 18.9 Å². The Kier molecular flexibility index (Phi) is 6.38.